The topological polar surface area (TPSA) is 78.4 Å². The standard InChI is InChI=1S/C18H20N2O3/c1-12(2)16(13-6-4-3-5-7-13)18(22)19-15-10-8-14(9-11-15)17(21)20-23/h3-12,16,23H,1-2H3,(H,19,22)(H,20,21)/t16-/m1/s1. The van der Waals surface area contributed by atoms with Gasteiger partial charge in [0.15, 0.2) is 0 Å². The fraction of sp³-hybridized carbons (Fsp3) is 0.222. The van der Waals surface area contributed by atoms with Crippen LogP contribution in [0.2, 0.25) is 0 Å². The zero-order valence-electron chi connectivity index (χ0n) is 13.1. The second-order valence-electron chi connectivity index (χ2n) is 5.64. The predicted octanol–water partition coefficient (Wildman–Crippen LogP) is 3.18. The first-order chi connectivity index (χ1) is 11.0. The van der Waals surface area contributed by atoms with Gasteiger partial charge >= 0.3 is 0 Å². The Bertz CT molecular complexity index is 666. The number of benzene rings is 2. The molecule has 0 radical (unpaired) electrons. The Morgan fingerprint density at radius 3 is 2.09 bits per heavy atom. The molecule has 0 aliphatic rings. The van der Waals surface area contributed by atoms with Crippen LogP contribution in [0.15, 0.2) is 54.6 Å². The zero-order chi connectivity index (χ0) is 16.8. The number of carbonyl (C=O) groups excluding carboxylic acids is 2. The van der Waals surface area contributed by atoms with E-state index >= 15 is 0 Å². The Hall–Kier alpha value is -2.66. The molecular formula is C18H20N2O3. The van der Waals surface area contributed by atoms with Gasteiger partial charge in [0.25, 0.3) is 5.91 Å². The second kappa shape index (κ2) is 7.56. The lowest BCUT2D eigenvalue weighted by Crippen LogP contribution is -2.25. The van der Waals surface area contributed by atoms with Gasteiger partial charge in [-0.25, -0.2) is 5.48 Å². The number of nitrogens with one attached hydrogen (secondary N) is 2. The molecule has 120 valence electrons. The quantitative estimate of drug-likeness (QED) is 0.586. The number of hydrogen-bond acceptors (Lipinski definition) is 3. The molecule has 0 aromatic heterocycles. The molecule has 2 amide bonds. The fourth-order valence-electron chi connectivity index (χ4n) is 2.49. The first-order valence-corrected chi connectivity index (χ1v) is 7.43. The first-order valence-electron chi connectivity index (χ1n) is 7.43. The van der Waals surface area contributed by atoms with E-state index in [1.807, 2.05) is 44.2 Å². The van der Waals surface area contributed by atoms with Crippen LogP contribution in [0.4, 0.5) is 5.69 Å². The van der Waals surface area contributed by atoms with Gasteiger partial charge in [-0.1, -0.05) is 44.2 Å². The maximum Gasteiger partial charge on any atom is 0.274 e. The summed E-state index contributed by atoms with van der Waals surface area (Å²) in [6, 6.07) is 16.0. The van der Waals surface area contributed by atoms with Crippen molar-refractivity contribution in [2.24, 2.45) is 5.92 Å². The third-order valence-electron chi connectivity index (χ3n) is 3.62. The Morgan fingerprint density at radius 1 is 0.957 bits per heavy atom. The van der Waals surface area contributed by atoms with Crippen LogP contribution in [-0.2, 0) is 4.79 Å². The number of carbonyl (C=O) groups is 2. The van der Waals surface area contributed by atoms with Crippen molar-refractivity contribution >= 4 is 17.5 Å². The van der Waals surface area contributed by atoms with Crippen molar-refractivity contribution in [3.8, 4) is 0 Å². The molecular weight excluding hydrogens is 292 g/mol. The molecule has 1 atom stereocenters. The molecule has 0 saturated heterocycles. The highest BCUT2D eigenvalue weighted by Crippen LogP contribution is 2.26. The second-order valence-corrected chi connectivity index (χ2v) is 5.64. The molecule has 2 aromatic rings. The average molecular weight is 312 g/mol. The molecule has 0 bridgehead atoms. The van der Waals surface area contributed by atoms with Crippen molar-refractivity contribution in [2.75, 3.05) is 5.32 Å². The molecule has 0 aliphatic carbocycles. The Morgan fingerprint density at radius 2 is 1.57 bits per heavy atom. The summed E-state index contributed by atoms with van der Waals surface area (Å²) in [5.41, 5.74) is 3.46. The minimum absolute atomic E-state index is 0.0921. The van der Waals surface area contributed by atoms with Crippen LogP contribution in [0, 0.1) is 5.92 Å². The smallest absolute Gasteiger partial charge is 0.274 e. The molecule has 0 spiro atoms. The normalized spacial score (nSPS) is 11.8. The molecule has 2 aromatic carbocycles. The van der Waals surface area contributed by atoms with Crippen LogP contribution in [0.5, 0.6) is 0 Å². The minimum Gasteiger partial charge on any atom is -0.326 e. The Kier molecular flexibility index (Phi) is 5.49. The van der Waals surface area contributed by atoms with Gasteiger partial charge in [-0.2, -0.15) is 0 Å². The fourth-order valence-corrected chi connectivity index (χ4v) is 2.49. The van der Waals surface area contributed by atoms with Crippen LogP contribution >= 0.6 is 0 Å². The maximum atomic E-state index is 12.6. The number of rotatable bonds is 5. The molecule has 0 heterocycles. The van der Waals surface area contributed by atoms with Crippen LogP contribution in [0.25, 0.3) is 0 Å². The Labute approximate surface area is 135 Å². The molecule has 23 heavy (non-hydrogen) atoms. The lowest BCUT2D eigenvalue weighted by Gasteiger charge is -2.20. The largest absolute Gasteiger partial charge is 0.326 e. The summed E-state index contributed by atoms with van der Waals surface area (Å²) >= 11 is 0. The van der Waals surface area contributed by atoms with Gasteiger partial charge in [0.1, 0.15) is 0 Å². The maximum absolute atomic E-state index is 12.6. The number of hydroxylamine groups is 1. The highest BCUT2D eigenvalue weighted by atomic mass is 16.5. The third kappa shape index (κ3) is 4.17. The molecule has 0 fully saturated rings. The zero-order valence-corrected chi connectivity index (χ0v) is 13.1. The SMILES string of the molecule is CC(C)[C@@H](C(=O)Nc1ccc(C(=O)NO)cc1)c1ccccc1. The monoisotopic (exact) mass is 312 g/mol. The summed E-state index contributed by atoms with van der Waals surface area (Å²) in [7, 11) is 0. The Balaban J connectivity index is 2.14. The first kappa shape index (κ1) is 16.7. The van der Waals surface area contributed by atoms with E-state index in [9.17, 15) is 9.59 Å². The van der Waals surface area contributed by atoms with Crippen LogP contribution in [-0.4, -0.2) is 17.0 Å². The number of amides is 2. The van der Waals surface area contributed by atoms with E-state index in [1.165, 1.54) is 12.1 Å². The van der Waals surface area contributed by atoms with Crippen molar-refractivity contribution in [2.45, 2.75) is 19.8 Å². The summed E-state index contributed by atoms with van der Waals surface area (Å²) < 4.78 is 0. The van der Waals surface area contributed by atoms with E-state index in [0.29, 0.717) is 11.3 Å². The highest BCUT2D eigenvalue weighted by Gasteiger charge is 2.24. The van der Waals surface area contributed by atoms with Gasteiger partial charge < -0.3 is 5.32 Å². The lowest BCUT2D eigenvalue weighted by molar-refractivity contribution is -0.118. The van der Waals surface area contributed by atoms with E-state index < -0.39 is 5.91 Å². The minimum atomic E-state index is -0.591. The van der Waals surface area contributed by atoms with Crippen LogP contribution in [0.1, 0.15) is 35.7 Å². The van der Waals surface area contributed by atoms with E-state index in [1.54, 1.807) is 17.6 Å². The summed E-state index contributed by atoms with van der Waals surface area (Å²) in [6.45, 7) is 4.01. The third-order valence-corrected chi connectivity index (χ3v) is 3.62. The summed E-state index contributed by atoms with van der Waals surface area (Å²) in [4.78, 5) is 23.9. The number of hydrogen-bond donors (Lipinski definition) is 3. The van der Waals surface area contributed by atoms with Crippen molar-refractivity contribution in [1.29, 1.82) is 0 Å². The van der Waals surface area contributed by atoms with Crippen molar-refractivity contribution in [3.05, 3.63) is 65.7 Å². The number of anilines is 1. The van der Waals surface area contributed by atoms with Gasteiger partial charge in [-0.05, 0) is 35.7 Å². The van der Waals surface area contributed by atoms with Crippen LogP contribution < -0.4 is 10.8 Å². The lowest BCUT2D eigenvalue weighted by atomic mass is 9.87. The molecule has 0 saturated carbocycles. The van der Waals surface area contributed by atoms with Gasteiger partial charge in [0, 0.05) is 11.3 Å². The van der Waals surface area contributed by atoms with Crippen molar-refractivity contribution in [3.63, 3.8) is 0 Å². The highest BCUT2D eigenvalue weighted by molar-refractivity contribution is 5.97. The predicted molar refractivity (Wildman–Crippen MR) is 88.3 cm³/mol. The van der Waals surface area contributed by atoms with Gasteiger partial charge in [0.05, 0.1) is 5.92 Å². The van der Waals surface area contributed by atoms with E-state index in [-0.39, 0.29) is 17.7 Å². The van der Waals surface area contributed by atoms with Gasteiger partial charge in [-0.3, -0.25) is 14.8 Å². The van der Waals surface area contributed by atoms with E-state index in [2.05, 4.69) is 5.32 Å². The van der Waals surface area contributed by atoms with Gasteiger partial charge in [-0.15, -0.1) is 0 Å². The van der Waals surface area contributed by atoms with E-state index in [4.69, 9.17) is 5.21 Å². The van der Waals surface area contributed by atoms with E-state index in [0.717, 1.165) is 5.56 Å². The molecule has 5 heteroatoms. The molecule has 0 unspecified atom stereocenters. The molecule has 3 N–H and O–H groups in total. The van der Waals surface area contributed by atoms with Gasteiger partial charge in [0.2, 0.25) is 5.91 Å². The summed E-state index contributed by atoms with van der Waals surface area (Å²) in [6.07, 6.45) is 0. The van der Waals surface area contributed by atoms with Crippen molar-refractivity contribution in [1.82, 2.24) is 5.48 Å². The molecule has 0 aliphatic heterocycles. The van der Waals surface area contributed by atoms with Crippen molar-refractivity contribution < 1.29 is 14.8 Å². The summed E-state index contributed by atoms with van der Waals surface area (Å²) in [5.74, 6) is -0.786. The van der Waals surface area contributed by atoms with Crippen LogP contribution in [0.3, 0.4) is 0 Å². The molecule has 5 nitrogen and oxygen atoms in total. The average Bonchev–Trinajstić information content (AvgIpc) is 2.55. The molecule has 2 rings (SSSR count). The summed E-state index contributed by atoms with van der Waals surface area (Å²) in [5, 5.41) is 11.5.